The number of phosphoric acid groups is 1. The Morgan fingerprint density at radius 3 is 2.73 bits per heavy atom. The zero-order valence-corrected chi connectivity index (χ0v) is 22.3. The molecule has 0 bridgehead atoms. The molecule has 19 heteroatoms. The third kappa shape index (κ3) is 6.82. The Morgan fingerprint density at radius 2 is 2.10 bits per heavy atom. The summed E-state index contributed by atoms with van der Waals surface area (Å²) in [7, 11) is -4.94. The minimum Gasteiger partial charge on any atom is -0.369 e. The zero-order chi connectivity index (χ0) is 29.6. The number of fused-ring (bicyclic) bond motifs is 1. The van der Waals surface area contributed by atoms with Gasteiger partial charge in [-0.3, -0.25) is 23.6 Å². The van der Waals surface area contributed by atoms with Gasteiger partial charge in [0.2, 0.25) is 5.95 Å². The van der Waals surface area contributed by atoms with E-state index in [1.807, 2.05) is 0 Å². The zero-order valence-electron chi connectivity index (χ0n) is 21.4. The van der Waals surface area contributed by atoms with E-state index in [-0.39, 0.29) is 23.4 Å². The van der Waals surface area contributed by atoms with Crippen LogP contribution >= 0.6 is 7.82 Å². The molecular formula is C21H28F4N5O9P. The predicted octanol–water partition coefficient (Wildman–Crippen LogP) is 1.65. The van der Waals surface area contributed by atoms with E-state index in [0.717, 1.165) is 0 Å². The number of phosphoric ester groups is 1. The molecule has 0 aliphatic carbocycles. The summed E-state index contributed by atoms with van der Waals surface area (Å²) in [6.07, 6.45) is -10.1. The molecule has 1 amide bonds. The molecule has 2 aromatic rings. The van der Waals surface area contributed by atoms with Crippen LogP contribution in [0.5, 0.6) is 0 Å². The fourth-order valence-electron chi connectivity index (χ4n) is 4.55. The number of anilines is 1. The first kappa shape index (κ1) is 30.4. The van der Waals surface area contributed by atoms with Crippen LogP contribution in [0.25, 0.3) is 11.0 Å². The van der Waals surface area contributed by atoms with Crippen LogP contribution in [-0.2, 0) is 32.6 Å². The first-order valence-electron chi connectivity index (χ1n) is 12.0. The van der Waals surface area contributed by atoms with E-state index in [0.29, 0.717) is 0 Å². The third-order valence-electron chi connectivity index (χ3n) is 6.17. The smallest absolute Gasteiger partial charge is 0.369 e. The monoisotopic (exact) mass is 601 g/mol. The lowest BCUT2D eigenvalue weighted by atomic mass is 10.1. The standard InChI is InChI=1S/C21H28F4N5O9P/c1-9-14(39-20(2,3)38-9)13(27-18(32)21(23,24)25)8-36-40(33,34)35-7-10-6-12(22)17(37-10)30-5-4-11-15(30)28-19(26)29-16(11)31/h4-5,9-10,12-14,17H,6-8H2,1-3H3,(H,27,32)(H,33,34)(H3,26,28,29,31)/t9-,10+,12+,13+,14-,17-/m1/s1. The van der Waals surface area contributed by atoms with Crippen LogP contribution in [0.3, 0.4) is 0 Å². The van der Waals surface area contributed by atoms with Gasteiger partial charge in [-0.2, -0.15) is 18.2 Å². The molecule has 0 aromatic carbocycles. The highest BCUT2D eigenvalue weighted by Gasteiger charge is 2.47. The van der Waals surface area contributed by atoms with Crippen LogP contribution in [-0.4, -0.2) is 81.0 Å². The molecule has 0 saturated carbocycles. The number of aromatic amines is 1. The third-order valence-corrected chi connectivity index (χ3v) is 7.12. The van der Waals surface area contributed by atoms with Gasteiger partial charge < -0.3 is 34.7 Å². The van der Waals surface area contributed by atoms with Gasteiger partial charge in [-0.05, 0) is 26.8 Å². The molecule has 2 saturated heterocycles. The highest BCUT2D eigenvalue weighted by Crippen LogP contribution is 2.45. The van der Waals surface area contributed by atoms with Crippen molar-refractivity contribution in [1.29, 1.82) is 0 Å². The second-order valence-electron chi connectivity index (χ2n) is 9.75. The maximum absolute atomic E-state index is 14.8. The Labute approximate surface area is 223 Å². The van der Waals surface area contributed by atoms with Gasteiger partial charge in [0.05, 0.1) is 36.8 Å². The Morgan fingerprint density at radius 1 is 1.40 bits per heavy atom. The predicted molar refractivity (Wildman–Crippen MR) is 127 cm³/mol. The summed E-state index contributed by atoms with van der Waals surface area (Å²) in [6, 6.07) is -0.159. The molecular weight excluding hydrogens is 573 g/mol. The molecule has 2 aromatic heterocycles. The van der Waals surface area contributed by atoms with Crippen LogP contribution in [0.2, 0.25) is 0 Å². The quantitative estimate of drug-likeness (QED) is 0.242. The molecule has 0 spiro atoms. The molecule has 40 heavy (non-hydrogen) atoms. The van der Waals surface area contributed by atoms with E-state index in [1.54, 1.807) is 5.32 Å². The number of carbonyl (C=O) groups is 1. The number of nitrogens with two attached hydrogens (primary N) is 1. The van der Waals surface area contributed by atoms with Crippen LogP contribution < -0.4 is 16.6 Å². The number of nitrogens with zero attached hydrogens (tertiary/aromatic N) is 2. The van der Waals surface area contributed by atoms with Crippen LogP contribution in [0.15, 0.2) is 17.1 Å². The normalized spacial score (nSPS) is 28.9. The number of amides is 1. The second-order valence-corrected chi connectivity index (χ2v) is 11.2. The fourth-order valence-corrected chi connectivity index (χ4v) is 5.33. The minimum atomic E-state index is -5.24. The number of H-pyrrole nitrogens is 1. The lowest BCUT2D eigenvalue weighted by Gasteiger charge is -2.27. The number of nitrogen functional groups attached to an aromatic ring is 1. The topological polar surface area (TPSA) is 189 Å². The molecule has 14 nitrogen and oxygen atoms in total. The van der Waals surface area contributed by atoms with Gasteiger partial charge in [-0.1, -0.05) is 0 Å². The second kappa shape index (κ2) is 11.0. The lowest BCUT2D eigenvalue weighted by Crippen LogP contribution is -2.53. The molecule has 4 rings (SSSR count). The van der Waals surface area contributed by atoms with Crippen molar-refractivity contribution in [2.75, 3.05) is 18.9 Å². The van der Waals surface area contributed by atoms with E-state index in [4.69, 9.17) is 29.0 Å². The molecule has 4 heterocycles. The van der Waals surface area contributed by atoms with Crippen molar-refractivity contribution in [3.8, 4) is 0 Å². The van der Waals surface area contributed by atoms with E-state index >= 15 is 0 Å². The number of halogens is 4. The summed E-state index contributed by atoms with van der Waals surface area (Å²) in [5.74, 6) is -3.71. The number of rotatable bonds is 9. The molecule has 2 fully saturated rings. The van der Waals surface area contributed by atoms with E-state index in [1.165, 1.54) is 37.6 Å². The molecule has 224 valence electrons. The van der Waals surface area contributed by atoms with Gasteiger partial charge in [-0.25, -0.2) is 8.96 Å². The van der Waals surface area contributed by atoms with E-state index in [9.17, 15) is 36.6 Å². The number of nitrogens with one attached hydrogen (secondary N) is 2. The Balaban J connectivity index is 1.38. The average Bonchev–Trinajstić information content (AvgIpc) is 3.48. The number of aromatic nitrogens is 3. The van der Waals surface area contributed by atoms with Crippen LogP contribution in [0.4, 0.5) is 23.5 Å². The SMILES string of the molecule is C[C@H]1OC(C)(C)O[C@H]1[C@H](COP(=O)(O)OC[C@@H]1C[C@H](F)[C@H](n2ccc3c(=O)[nH]c(N)nc32)O1)NC(=O)C(F)(F)F. The summed E-state index contributed by atoms with van der Waals surface area (Å²) >= 11 is 0. The molecule has 2 aliphatic heterocycles. The summed E-state index contributed by atoms with van der Waals surface area (Å²) in [4.78, 5) is 40.0. The molecule has 1 unspecified atom stereocenters. The number of ether oxygens (including phenoxy) is 3. The van der Waals surface area contributed by atoms with Crippen molar-refractivity contribution < 1.29 is 55.1 Å². The van der Waals surface area contributed by atoms with E-state index < -0.39 is 81.2 Å². The van der Waals surface area contributed by atoms with Crippen molar-refractivity contribution >= 4 is 30.7 Å². The fraction of sp³-hybridized carbons (Fsp3) is 0.667. The van der Waals surface area contributed by atoms with Gasteiger partial charge in [0, 0.05) is 12.6 Å². The van der Waals surface area contributed by atoms with E-state index in [2.05, 4.69) is 9.97 Å². The van der Waals surface area contributed by atoms with Crippen molar-refractivity contribution in [1.82, 2.24) is 19.9 Å². The molecule has 0 radical (unpaired) electrons. The Hall–Kier alpha value is -2.60. The Bertz CT molecular complexity index is 1350. The van der Waals surface area contributed by atoms with Gasteiger partial charge >= 0.3 is 19.9 Å². The van der Waals surface area contributed by atoms with Crippen LogP contribution in [0.1, 0.15) is 33.4 Å². The summed E-state index contributed by atoms with van der Waals surface area (Å²) in [5, 5.41) is 1.83. The molecule has 7 atom stereocenters. The van der Waals surface area contributed by atoms with Crippen molar-refractivity contribution in [2.45, 2.75) is 75.9 Å². The van der Waals surface area contributed by atoms with Gasteiger partial charge in [-0.15, -0.1) is 0 Å². The van der Waals surface area contributed by atoms with Gasteiger partial charge in [0.1, 0.15) is 12.3 Å². The average molecular weight is 601 g/mol. The maximum Gasteiger partial charge on any atom is 0.472 e. The van der Waals surface area contributed by atoms with Crippen LogP contribution in [0, 0.1) is 0 Å². The summed E-state index contributed by atoms with van der Waals surface area (Å²) < 4.78 is 93.6. The minimum absolute atomic E-state index is 0.0640. The number of alkyl halides is 4. The summed E-state index contributed by atoms with van der Waals surface area (Å²) in [6.45, 7) is 2.93. The van der Waals surface area contributed by atoms with Gasteiger partial charge in [0.15, 0.2) is 17.7 Å². The first-order chi connectivity index (χ1) is 18.5. The number of carbonyl (C=O) groups excluding carboxylic acids is 1. The lowest BCUT2D eigenvalue weighted by molar-refractivity contribution is -0.177. The maximum atomic E-state index is 14.8. The number of hydrogen-bond acceptors (Lipinski definition) is 10. The molecule has 2 aliphatic rings. The largest absolute Gasteiger partial charge is 0.472 e. The van der Waals surface area contributed by atoms with Crippen molar-refractivity contribution in [2.24, 2.45) is 0 Å². The highest BCUT2D eigenvalue weighted by molar-refractivity contribution is 7.47. The highest BCUT2D eigenvalue weighted by atomic mass is 31.2. The van der Waals surface area contributed by atoms with Gasteiger partial charge in [0.25, 0.3) is 5.56 Å². The molecule has 5 N–H and O–H groups in total. The van der Waals surface area contributed by atoms with Crippen molar-refractivity contribution in [3.63, 3.8) is 0 Å². The first-order valence-corrected chi connectivity index (χ1v) is 13.5. The summed E-state index contributed by atoms with van der Waals surface area (Å²) in [5.41, 5.74) is 5.09. The Kier molecular flexibility index (Phi) is 8.35. The number of hydrogen-bond donors (Lipinski definition) is 4. The van der Waals surface area contributed by atoms with Crippen molar-refractivity contribution in [3.05, 3.63) is 22.6 Å².